The number of Topliss-reactive ketones (excluding diaryl/α,β-unsaturated/α-hetero) is 1. The first kappa shape index (κ1) is 12.5. The Morgan fingerprint density at radius 1 is 1.11 bits per heavy atom. The molecule has 0 N–H and O–H groups in total. The summed E-state index contributed by atoms with van der Waals surface area (Å²) in [5.41, 5.74) is 3.46. The highest BCUT2D eigenvalue weighted by Gasteiger charge is 2.20. The van der Waals surface area contributed by atoms with E-state index in [2.05, 4.69) is 37.3 Å². The first-order chi connectivity index (χ1) is 9.29. The topological polar surface area (TPSA) is 17.1 Å². The SMILES string of the molecule is CCCC(=O)c1cccc2c1Cc1ccccc1S2. The molecule has 0 amide bonds. The average molecular weight is 268 g/mol. The van der Waals surface area contributed by atoms with Gasteiger partial charge in [-0.1, -0.05) is 49.0 Å². The van der Waals surface area contributed by atoms with E-state index in [1.54, 1.807) is 11.8 Å². The Balaban J connectivity index is 2.03. The molecule has 2 heteroatoms. The van der Waals surface area contributed by atoms with E-state index in [9.17, 15) is 4.79 Å². The molecule has 0 unspecified atom stereocenters. The Morgan fingerprint density at radius 2 is 1.89 bits per heavy atom. The first-order valence-corrected chi connectivity index (χ1v) is 7.52. The van der Waals surface area contributed by atoms with Crippen LogP contribution in [0.3, 0.4) is 0 Å². The molecule has 0 atom stereocenters. The van der Waals surface area contributed by atoms with Crippen LogP contribution in [-0.2, 0) is 6.42 Å². The molecule has 2 aromatic carbocycles. The summed E-state index contributed by atoms with van der Waals surface area (Å²) in [6.07, 6.45) is 2.43. The van der Waals surface area contributed by atoms with Crippen molar-refractivity contribution < 1.29 is 4.79 Å². The van der Waals surface area contributed by atoms with Crippen molar-refractivity contribution in [3.8, 4) is 0 Å². The average Bonchev–Trinajstić information content (AvgIpc) is 2.44. The minimum atomic E-state index is 0.277. The summed E-state index contributed by atoms with van der Waals surface area (Å²) in [6.45, 7) is 2.05. The molecule has 0 fully saturated rings. The predicted molar refractivity (Wildman–Crippen MR) is 79.1 cm³/mol. The Labute approximate surface area is 118 Å². The minimum absolute atomic E-state index is 0.277. The Hall–Kier alpha value is -1.54. The molecular weight excluding hydrogens is 252 g/mol. The van der Waals surface area contributed by atoms with Gasteiger partial charge in [-0.05, 0) is 29.7 Å². The molecule has 1 aliphatic heterocycles. The molecular formula is C17H16OS. The fourth-order valence-electron chi connectivity index (χ4n) is 2.52. The highest BCUT2D eigenvalue weighted by atomic mass is 32.2. The molecule has 1 nitrogen and oxygen atoms in total. The van der Waals surface area contributed by atoms with Crippen molar-refractivity contribution in [2.75, 3.05) is 0 Å². The molecule has 0 spiro atoms. The molecule has 0 saturated carbocycles. The van der Waals surface area contributed by atoms with Crippen LogP contribution in [0.1, 0.15) is 41.3 Å². The normalized spacial score (nSPS) is 12.7. The third kappa shape index (κ3) is 2.33. The van der Waals surface area contributed by atoms with Gasteiger partial charge in [0.1, 0.15) is 0 Å². The van der Waals surface area contributed by atoms with Gasteiger partial charge in [0.25, 0.3) is 0 Å². The number of ketones is 1. The Bertz CT molecular complexity index is 631. The van der Waals surface area contributed by atoms with Crippen LogP contribution in [0.5, 0.6) is 0 Å². The van der Waals surface area contributed by atoms with Crippen molar-refractivity contribution in [2.24, 2.45) is 0 Å². The van der Waals surface area contributed by atoms with Gasteiger partial charge in [0.2, 0.25) is 0 Å². The first-order valence-electron chi connectivity index (χ1n) is 6.70. The van der Waals surface area contributed by atoms with Crippen LogP contribution in [0, 0.1) is 0 Å². The highest BCUT2D eigenvalue weighted by molar-refractivity contribution is 7.99. The van der Waals surface area contributed by atoms with Gasteiger partial charge in [-0.3, -0.25) is 4.79 Å². The number of benzene rings is 2. The van der Waals surface area contributed by atoms with E-state index in [-0.39, 0.29) is 5.78 Å². The highest BCUT2D eigenvalue weighted by Crippen LogP contribution is 2.40. The molecule has 1 aliphatic rings. The van der Waals surface area contributed by atoms with Crippen molar-refractivity contribution in [2.45, 2.75) is 36.0 Å². The number of hydrogen-bond acceptors (Lipinski definition) is 2. The zero-order valence-corrected chi connectivity index (χ0v) is 11.8. The van der Waals surface area contributed by atoms with Gasteiger partial charge in [0.15, 0.2) is 5.78 Å². The summed E-state index contributed by atoms with van der Waals surface area (Å²) in [5.74, 6) is 0.277. The van der Waals surface area contributed by atoms with E-state index in [0.29, 0.717) is 6.42 Å². The number of rotatable bonds is 3. The lowest BCUT2D eigenvalue weighted by molar-refractivity contribution is 0.0980. The number of carbonyl (C=O) groups is 1. The van der Waals surface area contributed by atoms with E-state index in [0.717, 1.165) is 18.4 Å². The lowest BCUT2D eigenvalue weighted by Gasteiger charge is -2.21. The summed E-state index contributed by atoms with van der Waals surface area (Å²) in [7, 11) is 0. The second-order valence-corrected chi connectivity index (χ2v) is 5.93. The summed E-state index contributed by atoms with van der Waals surface area (Å²) in [6, 6.07) is 14.6. The van der Waals surface area contributed by atoms with Crippen LogP contribution in [0.25, 0.3) is 0 Å². The number of hydrogen-bond donors (Lipinski definition) is 0. The van der Waals surface area contributed by atoms with Crippen LogP contribution in [-0.4, -0.2) is 5.78 Å². The van der Waals surface area contributed by atoms with Crippen molar-refractivity contribution in [1.82, 2.24) is 0 Å². The van der Waals surface area contributed by atoms with Crippen molar-refractivity contribution in [3.05, 3.63) is 59.2 Å². The number of carbonyl (C=O) groups excluding carboxylic acids is 1. The quantitative estimate of drug-likeness (QED) is 0.639. The summed E-state index contributed by atoms with van der Waals surface area (Å²) >= 11 is 1.78. The van der Waals surface area contributed by atoms with E-state index >= 15 is 0 Å². The van der Waals surface area contributed by atoms with Crippen LogP contribution in [0.2, 0.25) is 0 Å². The summed E-state index contributed by atoms with van der Waals surface area (Å²) in [4.78, 5) is 14.8. The third-order valence-electron chi connectivity index (χ3n) is 3.47. The summed E-state index contributed by atoms with van der Waals surface area (Å²) < 4.78 is 0. The minimum Gasteiger partial charge on any atom is -0.294 e. The molecule has 0 aromatic heterocycles. The van der Waals surface area contributed by atoms with Gasteiger partial charge >= 0.3 is 0 Å². The maximum absolute atomic E-state index is 12.2. The number of fused-ring (bicyclic) bond motifs is 2. The van der Waals surface area contributed by atoms with Crippen LogP contribution in [0.15, 0.2) is 52.3 Å². The largest absolute Gasteiger partial charge is 0.294 e. The molecule has 2 aromatic rings. The molecule has 1 heterocycles. The van der Waals surface area contributed by atoms with Gasteiger partial charge in [0.05, 0.1) is 0 Å². The molecule has 96 valence electrons. The zero-order valence-electron chi connectivity index (χ0n) is 11.0. The lowest BCUT2D eigenvalue weighted by atomic mass is 9.95. The molecule has 19 heavy (non-hydrogen) atoms. The van der Waals surface area contributed by atoms with Gasteiger partial charge in [0, 0.05) is 28.2 Å². The Kier molecular flexibility index (Phi) is 3.43. The second-order valence-electron chi connectivity index (χ2n) is 4.84. The van der Waals surface area contributed by atoms with Gasteiger partial charge in [-0.25, -0.2) is 0 Å². The molecule has 0 bridgehead atoms. The van der Waals surface area contributed by atoms with Crippen molar-refractivity contribution >= 4 is 17.5 Å². The molecule has 3 rings (SSSR count). The van der Waals surface area contributed by atoms with Crippen LogP contribution >= 0.6 is 11.8 Å². The van der Waals surface area contributed by atoms with Gasteiger partial charge < -0.3 is 0 Å². The van der Waals surface area contributed by atoms with E-state index < -0.39 is 0 Å². The monoisotopic (exact) mass is 268 g/mol. The van der Waals surface area contributed by atoms with Crippen LogP contribution in [0.4, 0.5) is 0 Å². The van der Waals surface area contributed by atoms with E-state index in [1.165, 1.54) is 20.9 Å². The standard InChI is InChI=1S/C17H16OS/c1-2-6-15(18)13-8-5-10-17-14(13)11-12-7-3-4-9-16(12)19-17/h3-5,7-10H,2,6,11H2,1H3. The smallest absolute Gasteiger partial charge is 0.163 e. The van der Waals surface area contributed by atoms with Gasteiger partial charge in [-0.2, -0.15) is 0 Å². The fourth-order valence-corrected chi connectivity index (χ4v) is 3.63. The molecule has 0 aliphatic carbocycles. The van der Waals surface area contributed by atoms with E-state index in [4.69, 9.17) is 0 Å². The van der Waals surface area contributed by atoms with Gasteiger partial charge in [-0.15, -0.1) is 0 Å². The Morgan fingerprint density at radius 3 is 2.74 bits per heavy atom. The zero-order chi connectivity index (χ0) is 13.2. The maximum atomic E-state index is 12.2. The molecule has 0 saturated heterocycles. The fraction of sp³-hybridized carbons (Fsp3) is 0.235. The second kappa shape index (κ2) is 5.22. The molecule has 0 radical (unpaired) electrons. The van der Waals surface area contributed by atoms with Crippen molar-refractivity contribution in [1.29, 1.82) is 0 Å². The van der Waals surface area contributed by atoms with Crippen LogP contribution < -0.4 is 0 Å². The maximum Gasteiger partial charge on any atom is 0.163 e. The van der Waals surface area contributed by atoms with Crippen molar-refractivity contribution in [3.63, 3.8) is 0 Å². The lowest BCUT2D eigenvalue weighted by Crippen LogP contribution is -2.08. The van der Waals surface area contributed by atoms with E-state index in [1.807, 2.05) is 12.1 Å². The third-order valence-corrected chi connectivity index (χ3v) is 4.69. The summed E-state index contributed by atoms with van der Waals surface area (Å²) in [5, 5.41) is 0. The predicted octanol–water partition coefficient (Wildman–Crippen LogP) is 4.72.